The summed E-state index contributed by atoms with van der Waals surface area (Å²) < 4.78 is 37.0. The van der Waals surface area contributed by atoms with Gasteiger partial charge in [-0.3, -0.25) is 0 Å². The number of alkyl halides is 1. The van der Waals surface area contributed by atoms with Crippen molar-refractivity contribution >= 4 is 11.6 Å². The third-order valence-electron chi connectivity index (χ3n) is 2.78. The van der Waals surface area contributed by atoms with Crippen molar-refractivity contribution in [1.82, 2.24) is 0 Å². The van der Waals surface area contributed by atoms with Crippen LogP contribution in [0.3, 0.4) is 0 Å². The van der Waals surface area contributed by atoms with Gasteiger partial charge in [0, 0.05) is 17.5 Å². The van der Waals surface area contributed by atoms with Crippen LogP contribution in [0.1, 0.15) is 11.1 Å². The molecule has 0 saturated heterocycles. The molecule has 0 saturated carbocycles. The summed E-state index contributed by atoms with van der Waals surface area (Å²) in [6.45, 7) is -0.0196. The first kappa shape index (κ1) is 14.6. The Balaban J connectivity index is 2.17. The SMILES string of the molecule is COc1ccc(CCl)cc1OCc1ccc(F)cc1F. The molecule has 0 heterocycles. The van der Waals surface area contributed by atoms with Gasteiger partial charge < -0.3 is 9.47 Å². The molecule has 0 aliphatic carbocycles. The highest BCUT2D eigenvalue weighted by molar-refractivity contribution is 6.17. The van der Waals surface area contributed by atoms with Gasteiger partial charge in [-0.2, -0.15) is 0 Å². The van der Waals surface area contributed by atoms with Crippen molar-refractivity contribution in [3.63, 3.8) is 0 Å². The van der Waals surface area contributed by atoms with Crippen molar-refractivity contribution in [3.05, 3.63) is 59.2 Å². The molecule has 2 rings (SSSR count). The van der Waals surface area contributed by atoms with Crippen molar-refractivity contribution in [2.24, 2.45) is 0 Å². The zero-order valence-corrected chi connectivity index (χ0v) is 11.6. The Morgan fingerprint density at radius 2 is 1.85 bits per heavy atom. The molecule has 0 spiro atoms. The standard InChI is InChI=1S/C15H13ClF2O2/c1-19-14-5-2-10(8-16)6-15(14)20-9-11-3-4-12(17)7-13(11)18/h2-7H,8-9H2,1H3. The van der Waals surface area contributed by atoms with Crippen molar-refractivity contribution in [2.75, 3.05) is 7.11 Å². The Labute approximate surface area is 120 Å². The molecule has 106 valence electrons. The van der Waals surface area contributed by atoms with Crippen molar-refractivity contribution in [1.29, 1.82) is 0 Å². The van der Waals surface area contributed by atoms with Crippen LogP contribution < -0.4 is 9.47 Å². The smallest absolute Gasteiger partial charge is 0.161 e. The monoisotopic (exact) mass is 298 g/mol. The zero-order valence-electron chi connectivity index (χ0n) is 10.8. The van der Waals surface area contributed by atoms with Crippen LogP contribution in [-0.2, 0) is 12.5 Å². The molecule has 5 heteroatoms. The molecule has 2 aromatic rings. The normalized spacial score (nSPS) is 10.4. The molecular weight excluding hydrogens is 286 g/mol. The van der Waals surface area contributed by atoms with Gasteiger partial charge in [0.1, 0.15) is 18.2 Å². The molecule has 2 nitrogen and oxygen atoms in total. The number of methoxy groups -OCH3 is 1. The highest BCUT2D eigenvalue weighted by Crippen LogP contribution is 2.29. The van der Waals surface area contributed by atoms with Gasteiger partial charge in [-0.1, -0.05) is 6.07 Å². The number of ether oxygens (including phenoxy) is 2. The largest absolute Gasteiger partial charge is 0.493 e. The zero-order chi connectivity index (χ0) is 14.5. The predicted molar refractivity (Wildman–Crippen MR) is 73.2 cm³/mol. The molecule has 0 aliphatic rings. The fraction of sp³-hybridized carbons (Fsp3) is 0.200. The summed E-state index contributed by atoms with van der Waals surface area (Å²) >= 11 is 5.76. The third-order valence-corrected chi connectivity index (χ3v) is 3.09. The van der Waals surface area contributed by atoms with E-state index in [1.807, 2.05) is 6.07 Å². The second-order valence-corrected chi connectivity index (χ2v) is 4.41. The van der Waals surface area contributed by atoms with E-state index in [9.17, 15) is 8.78 Å². The Bertz CT molecular complexity index is 602. The summed E-state index contributed by atoms with van der Waals surface area (Å²) in [7, 11) is 1.51. The van der Waals surface area contributed by atoms with Gasteiger partial charge >= 0.3 is 0 Å². The number of hydrogen-bond donors (Lipinski definition) is 0. The van der Waals surface area contributed by atoms with Crippen LogP contribution in [0.5, 0.6) is 11.5 Å². The van der Waals surface area contributed by atoms with Crippen molar-refractivity contribution in [2.45, 2.75) is 12.5 Å². The summed E-state index contributed by atoms with van der Waals surface area (Å²) in [5.74, 6) is 0.0758. The first-order valence-corrected chi connectivity index (χ1v) is 6.47. The molecule has 0 bridgehead atoms. The highest BCUT2D eigenvalue weighted by atomic mass is 35.5. The molecule has 20 heavy (non-hydrogen) atoms. The lowest BCUT2D eigenvalue weighted by Crippen LogP contribution is -2.01. The first-order valence-electron chi connectivity index (χ1n) is 5.93. The van der Waals surface area contributed by atoms with Gasteiger partial charge in [0.05, 0.1) is 7.11 Å². The van der Waals surface area contributed by atoms with Crippen LogP contribution in [0.2, 0.25) is 0 Å². The number of halogens is 3. The van der Waals surface area contributed by atoms with Crippen molar-refractivity contribution in [3.8, 4) is 11.5 Å². The number of rotatable bonds is 5. The predicted octanol–water partition coefficient (Wildman–Crippen LogP) is 4.29. The van der Waals surface area contributed by atoms with E-state index in [1.54, 1.807) is 12.1 Å². The maximum absolute atomic E-state index is 13.5. The van der Waals surface area contributed by atoms with Gasteiger partial charge in [0.15, 0.2) is 11.5 Å². The lowest BCUT2D eigenvalue weighted by molar-refractivity contribution is 0.279. The summed E-state index contributed by atoms with van der Waals surface area (Å²) in [5, 5.41) is 0. The van der Waals surface area contributed by atoms with E-state index in [4.69, 9.17) is 21.1 Å². The summed E-state index contributed by atoms with van der Waals surface area (Å²) in [5.41, 5.74) is 1.13. The minimum absolute atomic E-state index is 0.0196. The lowest BCUT2D eigenvalue weighted by Gasteiger charge is -2.12. The topological polar surface area (TPSA) is 18.5 Å². The Hall–Kier alpha value is -1.81. The highest BCUT2D eigenvalue weighted by Gasteiger charge is 2.09. The Morgan fingerprint density at radius 3 is 2.50 bits per heavy atom. The van der Waals surface area contributed by atoms with E-state index in [-0.39, 0.29) is 12.2 Å². The second-order valence-electron chi connectivity index (χ2n) is 4.14. The third kappa shape index (κ3) is 3.39. The van der Waals surface area contributed by atoms with Crippen LogP contribution in [0.4, 0.5) is 8.78 Å². The molecule has 2 aromatic carbocycles. The van der Waals surface area contributed by atoms with Crippen LogP contribution in [0.15, 0.2) is 36.4 Å². The van der Waals surface area contributed by atoms with E-state index in [2.05, 4.69) is 0 Å². The maximum Gasteiger partial charge on any atom is 0.161 e. The van der Waals surface area contributed by atoms with E-state index in [0.717, 1.165) is 11.6 Å². The molecular formula is C15H13ClF2O2. The van der Waals surface area contributed by atoms with Crippen LogP contribution in [-0.4, -0.2) is 7.11 Å². The molecule has 0 radical (unpaired) electrons. The average Bonchev–Trinajstić information content (AvgIpc) is 2.46. The van der Waals surface area contributed by atoms with Gasteiger partial charge in [0.2, 0.25) is 0 Å². The van der Waals surface area contributed by atoms with Gasteiger partial charge in [-0.05, 0) is 29.8 Å². The molecule has 0 aliphatic heterocycles. The number of benzene rings is 2. The molecule has 0 aromatic heterocycles. The van der Waals surface area contributed by atoms with E-state index in [0.29, 0.717) is 17.4 Å². The fourth-order valence-corrected chi connectivity index (χ4v) is 1.88. The van der Waals surface area contributed by atoms with Crippen LogP contribution >= 0.6 is 11.6 Å². The van der Waals surface area contributed by atoms with Gasteiger partial charge in [-0.25, -0.2) is 8.78 Å². The Kier molecular flexibility index (Phi) is 4.79. The van der Waals surface area contributed by atoms with Crippen LogP contribution in [0, 0.1) is 11.6 Å². The molecule has 0 fully saturated rings. The minimum Gasteiger partial charge on any atom is -0.493 e. The van der Waals surface area contributed by atoms with Crippen molar-refractivity contribution < 1.29 is 18.3 Å². The minimum atomic E-state index is -0.641. The summed E-state index contributed by atoms with van der Waals surface area (Å²) in [4.78, 5) is 0. The van der Waals surface area contributed by atoms with E-state index >= 15 is 0 Å². The lowest BCUT2D eigenvalue weighted by atomic mass is 10.2. The molecule has 0 amide bonds. The quantitative estimate of drug-likeness (QED) is 0.767. The average molecular weight is 299 g/mol. The maximum atomic E-state index is 13.5. The van der Waals surface area contributed by atoms with E-state index < -0.39 is 11.6 Å². The fourth-order valence-electron chi connectivity index (χ4n) is 1.71. The van der Waals surface area contributed by atoms with Gasteiger partial charge in [0.25, 0.3) is 0 Å². The molecule has 0 atom stereocenters. The first-order chi connectivity index (χ1) is 9.63. The summed E-state index contributed by atoms with van der Waals surface area (Å²) in [6.07, 6.45) is 0. The molecule has 0 N–H and O–H groups in total. The van der Waals surface area contributed by atoms with Crippen LogP contribution in [0.25, 0.3) is 0 Å². The molecule has 0 unspecified atom stereocenters. The second kappa shape index (κ2) is 6.57. The van der Waals surface area contributed by atoms with E-state index in [1.165, 1.54) is 19.2 Å². The number of hydrogen-bond acceptors (Lipinski definition) is 2. The summed E-state index contributed by atoms with van der Waals surface area (Å²) in [6, 6.07) is 8.64. The Morgan fingerprint density at radius 1 is 1.05 bits per heavy atom. The van der Waals surface area contributed by atoms with Gasteiger partial charge in [-0.15, -0.1) is 11.6 Å².